The van der Waals surface area contributed by atoms with Gasteiger partial charge in [-0.25, -0.2) is 0 Å². The minimum absolute atomic E-state index is 0.0564. The molecule has 4 nitrogen and oxygen atoms in total. The molecule has 1 amide bonds. The quantitative estimate of drug-likeness (QED) is 0.672. The number of benzene rings is 1. The van der Waals surface area contributed by atoms with Crippen molar-refractivity contribution in [3.63, 3.8) is 0 Å². The Morgan fingerprint density at radius 2 is 2.00 bits per heavy atom. The molecule has 0 unspecified atom stereocenters. The maximum Gasteiger partial charge on any atom is 0.219 e. The average Bonchev–Trinajstić information content (AvgIpc) is 2.45. The Labute approximate surface area is 115 Å². The molecule has 0 saturated carbocycles. The van der Waals surface area contributed by atoms with E-state index in [1.54, 1.807) is 7.05 Å². The summed E-state index contributed by atoms with van der Waals surface area (Å²) in [5, 5.41) is 5.95. The van der Waals surface area contributed by atoms with Crippen LogP contribution in [0.2, 0.25) is 0 Å². The summed E-state index contributed by atoms with van der Waals surface area (Å²) in [6, 6.07) is 8.08. The Hall–Kier alpha value is -1.55. The molecule has 4 heteroatoms. The molecule has 0 spiro atoms. The summed E-state index contributed by atoms with van der Waals surface area (Å²) >= 11 is 0. The predicted octanol–water partition coefficient (Wildman–Crippen LogP) is 2.09. The van der Waals surface area contributed by atoms with Gasteiger partial charge in [-0.3, -0.25) is 4.79 Å². The molecule has 0 aliphatic carbocycles. The van der Waals surface area contributed by atoms with E-state index in [-0.39, 0.29) is 5.91 Å². The van der Waals surface area contributed by atoms with Crippen LogP contribution < -0.4 is 15.4 Å². The zero-order valence-electron chi connectivity index (χ0n) is 11.9. The number of hydrogen-bond donors (Lipinski definition) is 2. The zero-order valence-corrected chi connectivity index (χ0v) is 11.9. The molecule has 0 fully saturated rings. The van der Waals surface area contributed by atoms with E-state index in [1.807, 2.05) is 12.1 Å². The van der Waals surface area contributed by atoms with E-state index in [0.29, 0.717) is 13.0 Å². The minimum atomic E-state index is 0.0564. The molecule has 0 saturated heterocycles. The molecule has 0 aliphatic heterocycles. The van der Waals surface area contributed by atoms with E-state index in [1.165, 1.54) is 5.56 Å². The number of ether oxygens (including phenoxy) is 1. The molecule has 19 heavy (non-hydrogen) atoms. The molecule has 2 N–H and O–H groups in total. The van der Waals surface area contributed by atoms with Gasteiger partial charge in [0.1, 0.15) is 5.75 Å². The highest BCUT2D eigenvalue weighted by molar-refractivity contribution is 5.75. The van der Waals surface area contributed by atoms with Crippen molar-refractivity contribution in [2.45, 2.75) is 32.7 Å². The Balaban J connectivity index is 2.22. The molecule has 1 aromatic rings. The van der Waals surface area contributed by atoms with Crippen molar-refractivity contribution in [2.75, 3.05) is 20.2 Å². The van der Waals surface area contributed by atoms with E-state index < -0.39 is 0 Å². The lowest BCUT2D eigenvalue weighted by atomic mass is 10.2. The highest BCUT2D eigenvalue weighted by Gasteiger charge is 1.99. The molecule has 0 aliphatic rings. The molecule has 0 heterocycles. The maximum absolute atomic E-state index is 11.0. The maximum atomic E-state index is 11.0. The Morgan fingerprint density at radius 1 is 1.26 bits per heavy atom. The van der Waals surface area contributed by atoms with Crippen molar-refractivity contribution >= 4 is 5.91 Å². The lowest BCUT2D eigenvalue weighted by Gasteiger charge is -2.07. The van der Waals surface area contributed by atoms with Crippen LogP contribution in [-0.4, -0.2) is 26.1 Å². The number of carbonyl (C=O) groups excluding carboxylic acids is 1. The van der Waals surface area contributed by atoms with E-state index in [4.69, 9.17) is 4.74 Å². The fraction of sp³-hybridized carbons (Fsp3) is 0.533. The first-order valence-electron chi connectivity index (χ1n) is 6.89. The fourth-order valence-corrected chi connectivity index (χ4v) is 1.66. The standard InChI is InChI=1S/C15H24N2O2/c1-3-10-17-12-13-6-8-14(9-7-13)19-11-4-5-15(18)16-2/h6-9,17H,3-5,10-12H2,1-2H3,(H,16,18). The Kier molecular flexibility index (Phi) is 7.66. The van der Waals surface area contributed by atoms with E-state index >= 15 is 0 Å². The number of hydrogen-bond acceptors (Lipinski definition) is 3. The summed E-state index contributed by atoms with van der Waals surface area (Å²) in [6.07, 6.45) is 2.39. The van der Waals surface area contributed by atoms with Crippen molar-refractivity contribution in [3.8, 4) is 5.75 Å². The van der Waals surface area contributed by atoms with Crippen LogP contribution in [0, 0.1) is 0 Å². The molecule has 106 valence electrons. The first kappa shape index (κ1) is 15.5. The highest BCUT2D eigenvalue weighted by atomic mass is 16.5. The van der Waals surface area contributed by atoms with Gasteiger partial charge in [0.2, 0.25) is 5.91 Å². The van der Waals surface area contributed by atoms with Gasteiger partial charge in [0.15, 0.2) is 0 Å². The summed E-state index contributed by atoms with van der Waals surface area (Å²) in [6.45, 7) is 4.66. The molecule has 0 bridgehead atoms. The number of carbonyl (C=O) groups is 1. The van der Waals surface area contributed by atoms with Gasteiger partial charge in [0.25, 0.3) is 0 Å². The predicted molar refractivity (Wildman–Crippen MR) is 77.2 cm³/mol. The van der Waals surface area contributed by atoms with Crippen LogP contribution in [0.4, 0.5) is 0 Å². The van der Waals surface area contributed by atoms with Gasteiger partial charge >= 0.3 is 0 Å². The third-order valence-corrected chi connectivity index (χ3v) is 2.77. The molecular formula is C15H24N2O2. The molecule has 0 atom stereocenters. The highest BCUT2D eigenvalue weighted by Crippen LogP contribution is 2.12. The van der Waals surface area contributed by atoms with Gasteiger partial charge in [-0.1, -0.05) is 19.1 Å². The SMILES string of the molecule is CCCNCc1ccc(OCCCC(=O)NC)cc1. The van der Waals surface area contributed by atoms with Crippen LogP contribution >= 0.6 is 0 Å². The van der Waals surface area contributed by atoms with Crippen LogP contribution in [0.3, 0.4) is 0 Å². The second-order valence-electron chi connectivity index (χ2n) is 4.45. The van der Waals surface area contributed by atoms with Crippen LogP contribution in [0.1, 0.15) is 31.7 Å². The second-order valence-corrected chi connectivity index (χ2v) is 4.45. The summed E-state index contributed by atoms with van der Waals surface area (Å²) in [5.74, 6) is 0.914. The topological polar surface area (TPSA) is 50.4 Å². The smallest absolute Gasteiger partial charge is 0.219 e. The molecule has 1 aromatic carbocycles. The van der Waals surface area contributed by atoms with Crippen LogP contribution in [0.15, 0.2) is 24.3 Å². The van der Waals surface area contributed by atoms with Gasteiger partial charge in [0.05, 0.1) is 6.61 Å². The largest absolute Gasteiger partial charge is 0.494 e. The number of rotatable bonds is 9. The molecule has 0 aromatic heterocycles. The van der Waals surface area contributed by atoms with Crippen LogP contribution in [-0.2, 0) is 11.3 Å². The van der Waals surface area contributed by atoms with Gasteiger partial charge in [-0.2, -0.15) is 0 Å². The van der Waals surface area contributed by atoms with Gasteiger partial charge < -0.3 is 15.4 Å². The van der Waals surface area contributed by atoms with Crippen LogP contribution in [0.5, 0.6) is 5.75 Å². The van der Waals surface area contributed by atoms with E-state index in [0.717, 1.165) is 31.7 Å². The summed E-state index contributed by atoms with van der Waals surface area (Å²) in [4.78, 5) is 11.0. The number of amides is 1. The van der Waals surface area contributed by atoms with Gasteiger partial charge in [0, 0.05) is 20.0 Å². The van der Waals surface area contributed by atoms with E-state index in [9.17, 15) is 4.79 Å². The molecule has 1 rings (SSSR count). The molecular weight excluding hydrogens is 240 g/mol. The monoisotopic (exact) mass is 264 g/mol. The summed E-state index contributed by atoms with van der Waals surface area (Å²) in [7, 11) is 1.65. The van der Waals surface area contributed by atoms with Gasteiger partial charge in [-0.05, 0) is 37.1 Å². The summed E-state index contributed by atoms with van der Waals surface area (Å²) < 4.78 is 5.58. The third kappa shape index (κ3) is 6.82. The first-order chi connectivity index (χ1) is 9.26. The lowest BCUT2D eigenvalue weighted by molar-refractivity contribution is -0.120. The van der Waals surface area contributed by atoms with Crippen molar-refractivity contribution in [1.82, 2.24) is 10.6 Å². The lowest BCUT2D eigenvalue weighted by Crippen LogP contribution is -2.18. The van der Waals surface area contributed by atoms with Crippen molar-refractivity contribution in [2.24, 2.45) is 0 Å². The van der Waals surface area contributed by atoms with Gasteiger partial charge in [-0.15, -0.1) is 0 Å². The normalized spacial score (nSPS) is 10.2. The van der Waals surface area contributed by atoms with E-state index in [2.05, 4.69) is 29.7 Å². The van der Waals surface area contributed by atoms with Crippen molar-refractivity contribution in [3.05, 3.63) is 29.8 Å². The average molecular weight is 264 g/mol. The minimum Gasteiger partial charge on any atom is -0.494 e. The number of nitrogens with one attached hydrogen (secondary N) is 2. The fourth-order valence-electron chi connectivity index (χ4n) is 1.66. The third-order valence-electron chi connectivity index (χ3n) is 2.77. The summed E-state index contributed by atoms with van der Waals surface area (Å²) in [5.41, 5.74) is 1.26. The van der Waals surface area contributed by atoms with Crippen LogP contribution in [0.25, 0.3) is 0 Å². The van der Waals surface area contributed by atoms with Crippen molar-refractivity contribution < 1.29 is 9.53 Å². The van der Waals surface area contributed by atoms with Crippen molar-refractivity contribution in [1.29, 1.82) is 0 Å². The molecule has 0 radical (unpaired) electrons. The Bertz CT molecular complexity index is 363. The zero-order chi connectivity index (χ0) is 13.9. The second kappa shape index (κ2) is 9.39. The Morgan fingerprint density at radius 3 is 2.63 bits per heavy atom. The first-order valence-corrected chi connectivity index (χ1v) is 6.89.